The number of rotatable bonds is 5. The van der Waals surface area contributed by atoms with Crippen LogP contribution >= 0.6 is 15.9 Å². The Morgan fingerprint density at radius 2 is 1.93 bits per heavy atom. The first-order valence-corrected chi connectivity index (χ1v) is 6.25. The smallest absolute Gasteiger partial charge is 0.144 e. The number of hydrogen-bond acceptors (Lipinski definition) is 3. The highest BCUT2D eigenvalue weighted by Crippen LogP contribution is 2.24. The first kappa shape index (κ1) is 12.4. The largest absolute Gasteiger partial charge is 0.369 e. The van der Waals surface area contributed by atoms with Crippen molar-refractivity contribution in [3.05, 3.63) is 16.0 Å². The van der Waals surface area contributed by atoms with Gasteiger partial charge in [0.25, 0.3) is 0 Å². The quantitative estimate of drug-likeness (QED) is 0.893. The normalized spacial score (nSPS) is 10.4. The molecule has 1 rings (SSSR count). The molecule has 1 heterocycles. The fourth-order valence-corrected chi connectivity index (χ4v) is 1.90. The first-order chi connectivity index (χ1) is 7.19. The molecular weight excluding hydrogens is 254 g/mol. The molecule has 0 aliphatic heterocycles. The first-order valence-electron chi connectivity index (χ1n) is 5.45. The van der Waals surface area contributed by atoms with E-state index in [4.69, 9.17) is 0 Å². The Hall–Kier alpha value is -0.640. The van der Waals surface area contributed by atoms with Gasteiger partial charge in [0.15, 0.2) is 0 Å². The Morgan fingerprint density at radius 1 is 1.20 bits per heavy atom. The summed E-state index contributed by atoms with van der Waals surface area (Å²) in [6, 6.07) is 0. The standard InChI is InChI=1S/C11H18BrN3/c1-4-6-9-10(12)11(13-7-5-2)15-8(3)14-9/h4-7H2,1-3H3,(H,13,14,15). The molecule has 1 aromatic heterocycles. The van der Waals surface area contributed by atoms with E-state index in [1.807, 2.05) is 6.92 Å². The molecule has 0 amide bonds. The van der Waals surface area contributed by atoms with Crippen LogP contribution in [0.15, 0.2) is 4.47 Å². The van der Waals surface area contributed by atoms with E-state index in [1.54, 1.807) is 0 Å². The summed E-state index contributed by atoms with van der Waals surface area (Å²) in [7, 11) is 0. The number of nitrogens with one attached hydrogen (secondary N) is 1. The third-order valence-electron chi connectivity index (χ3n) is 2.06. The van der Waals surface area contributed by atoms with Crippen LogP contribution in [0.5, 0.6) is 0 Å². The topological polar surface area (TPSA) is 37.8 Å². The minimum atomic E-state index is 0.834. The summed E-state index contributed by atoms with van der Waals surface area (Å²) in [6.07, 6.45) is 3.19. The molecule has 0 unspecified atom stereocenters. The number of aromatic nitrogens is 2. The van der Waals surface area contributed by atoms with Crippen molar-refractivity contribution in [3.8, 4) is 0 Å². The molecule has 0 fully saturated rings. The van der Waals surface area contributed by atoms with Crippen LogP contribution in [0.3, 0.4) is 0 Å². The second kappa shape index (κ2) is 6.05. The van der Waals surface area contributed by atoms with E-state index >= 15 is 0 Å². The molecule has 0 aliphatic rings. The highest BCUT2D eigenvalue weighted by Gasteiger charge is 2.09. The predicted molar refractivity (Wildman–Crippen MR) is 67.2 cm³/mol. The van der Waals surface area contributed by atoms with Crippen LogP contribution in [-0.2, 0) is 6.42 Å². The van der Waals surface area contributed by atoms with E-state index in [2.05, 4.69) is 45.1 Å². The SMILES string of the molecule is CCCNc1nc(C)nc(CCC)c1Br. The van der Waals surface area contributed by atoms with Gasteiger partial charge in [0, 0.05) is 6.54 Å². The van der Waals surface area contributed by atoms with Crippen molar-refractivity contribution < 1.29 is 0 Å². The molecule has 0 saturated carbocycles. The fourth-order valence-electron chi connectivity index (χ4n) is 1.38. The molecule has 0 spiro atoms. The molecule has 15 heavy (non-hydrogen) atoms. The van der Waals surface area contributed by atoms with Crippen molar-refractivity contribution in [1.29, 1.82) is 0 Å². The number of nitrogens with zero attached hydrogens (tertiary/aromatic N) is 2. The average molecular weight is 272 g/mol. The molecule has 0 aliphatic carbocycles. The van der Waals surface area contributed by atoms with Gasteiger partial charge in [-0.25, -0.2) is 9.97 Å². The Balaban J connectivity index is 2.93. The van der Waals surface area contributed by atoms with Gasteiger partial charge in [-0.1, -0.05) is 20.3 Å². The maximum absolute atomic E-state index is 4.43. The summed E-state index contributed by atoms with van der Waals surface area (Å²) in [5.41, 5.74) is 1.10. The van der Waals surface area contributed by atoms with E-state index in [-0.39, 0.29) is 0 Å². The Labute approximate surface area is 99.8 Å². The molecule has 0 bridgehead atoms. The summed E-state index contributed by atoms with van der Waals surface area (Å²) < 4.78 is 1.02. The minimum Gasteiger partial charge on any atom is -0.369 e. The third-order valence-corrected chi connectivity index (χ3v) is 2.89. The van der Waals surface area contributed by atoms with Crippen LogP contribution in [0, 0.1) is 6.92 Å². The van der Waals surface area contributed by atoms with Crippen molar-refractivity contribution in [3.63, 3.8) is 0 Å². The number of halogens is 1. The van der Waals surface area contributed by atoms with Gasteiger partial charge in [-0.05, 0) is 35.7 Å². The van der Waals surface area contributed by atoms with Crippen LogP contribution < -0.4 is 5.32 Å². The van der Waals surface area contributed by atoms with Crippen molar-refractivity contribution >= 4 is 21.7 Å². The third kappa shape index (κ3) is 3.45. The monoisotopic (exact) mass is 271 g/mol. The molecule has 0 radical (unpaired) electrons. The van der Waals surface area contributed by atoms with Gasteiger partial charge in [-0.3, -0.25) is 0 Å². The average Bonchev–Trinajstić information content (AvgIpc) is 2.21. The Bertz CT molecular complexity index is 326. The van der Waals surface area contributed by atoms with Crippen molar-refractivity contribution in [2.75, 3.05) is 11.9 Å². The van der Waals surface area contributed by atoms with E-state index in [9.17, 15) is 0 Å². The Kier molecular flexibility index (Phi) is 5.02. The number of hydrogen-bond donors (Lipinski definition) is 1. The summed E-state index contributed by atoms with van der Waals surface area (Å²) in [6.45, 7) is 7.17. The van der Waals surface area contributed by atoms with E-state index < -0.39 is 0 Å². The molecular formula is C11H18BrN3. The zero-order chi connectivity index (χ0) is 11.3. The number of anilines is 1. The van der Waals surface area contributed by atoms with Crippen LogP contribution in [0.25, 0.3) is 0 Å². The van der Waals surface area contributed by atoms with Crippen molar-refractivity contribution in [2.24, 2.45) is 0 Å². The zero-order valence-corrected chi connectivity index (χ0v) is 11.2. The fraction of sp³-hybridized carbons (Fsp3) is 0.636. The molecule has 3 nitrogen and oxygen atoms in total. The molecule has 1 aromatic rings. The van der Waals surface area contributed by atoms with Gasteiger partial charge in [0.2, 0.25) is 0 Å². The van der Waals surface area contributed by atoms with Crippen molar-refractivity contribution in [1.82, 2.24) is 9.97 Å². The highest BCUT2D eigenvalue weighted by atomic mass is 79.9. The maximum Gasteiger partial charge on any atom is 0.144 e. The maximum atomic E-state index is 4.43. The van der Waals surface area contributed by atoms with Crippen LogP contribution in [0.4, 0.5) is 5.82 Å². The Morgan fingerprint density at radius 3 is 2.53 bits per heavy atom. The molecule has 0 aromatic carbocycles. The van der Waals surface area contributed by atoms with Gasteiger partial charge in [-0.2, -0.15) is 0 Å². The van der Waals surface area contributed by atoms with Crippen LogP contribution in [0.1, 0.15) is 38.2 Å². The van der Waals surface area contributed by atoms with Gasteiger partial charge in [-0.15, -0.1) is 0 Å². The summed E-state index contributed by atoms with van der Waals surface area (Å²) >= 11 is 3.56. The number of aryl methyl sites for hydroxylation is 2. The minimum absolute atomic E-state index is 0.834. The summed E-state index contributed by atoms with van der Waals surface area (Å²) in [5, 5.41) is 3.30. The van der Waals surface area contributed by atoms with Crippen LogP contribution in [0.2, 0.25) is 0 Å². The lowest BCUT2D eigenvalue weighted by molar-refractivity contribution is 0.845. The lowest BCUT2D eigenvalue weighted by Gasteiger charge is -2.10. The molecule has 84 valence electrons. The van der Waals surface area contributed by atoms with E-state index in [0.717, 1.165) is 47.6 Å². The van der Waals surface area contributed by atoms with Crippen molar-refractivity contribution in [2.45, 2.75) is 40.0 Å². The van der Waals surface area contributed by atoms with Gasteiger partial charge in [0.05, 0.1) is 10.2 Å². The molecule has 4 heteroatoms. The second-order valence-electron chi connectivity index (χ2n) is 3.56. The highest BCUT2D eigenvalue weighted by molar-refractivity contribution is 9.10. The van der Waals surface area contributed by atoms with E-state index in [0.29, 0.717) is 0 Å². The predicted octanol–water partition coefficient (Wildman–Crippen LogP) is 3.32. The second-order valence-corrected chi connectivity index (χ2v) is 4.35. The van der Waals surface area contributed by atoms with E-state index in [1.165, 1.54) is 0 Å². The van der Waals surface area contributed by atoms with Gasteiger partial charge >= 0.3 is 0 Å². The summed E-state index contributed by atoms with van der Waals surface area (Å²) in [5.74, 6) is 1.76. The molecule has 1 N–H and O–H groups in total. The van der Waals surface area contributed by atoms with Gasteiger partial charge < -0.3 is 5.32 Å². The zero-order valence-electron chi connectivity index (χ0n) is 9.60. The molecule has 0 saturated heterocycles. The lowest BCUT2D eigenvalue weighted by atomic mass is 10.2. The van der Waals surface area contributed by atoms with Crippen LogP contribution in [-0.4, -0.2) is 16.5 Å². The summed E-state index contributed by atoms with van der Waals surface area (Å²) in [4.78, 5) is 8.82. The lowest BCUT2D eigenvalue weighted by Crippen LogP contribution is -2.07. The molecule has 0 atom stereocenters. The van der Waals surface area contributed by atoms with Gasteiger partial charge in [0.1, 0.15) is 11.6 Å².